The highest BCUT2D eigenvalue weighted by Crippen LogP contribution is 2.22. The van der Waals surface area contributed by atoms with E-state index in [1.165, 1.54) is 7.11 Å². The molecule has 0 saturated carbocycles. The molecule has 1 aliphatic rings. The first-order chi connectivity index (χ1) is 9.52. The minimum Gasteiger partial charge on any atom is -0.467 e. The van der Waals surface area contributed by atoms with Crippen molar-refractivity contribution >= 4 is 23.3 Å². The van der Waals surface area contributed by atoms with Gasteiger partial charge in [0.15, 0.2) is 0 Å². The molecule has 0 aromatic heterocycles. The number of methoxy groups -OCH3 is 1. The number of amides is 1. The Morgan fingerprint density at radius 2 is 1.85 bits per heavy atom. The van der Waals surface area contributed by atoms with Crippen LogP contribution in [0.3, 0.4) is 0 Å². The van der Waals surface area contributed by atoms with E-state index in [2.05, 4.69) is 0 Å². The second kappa shape index (κ2) is 5.81. The standard InChI is InChI=1S/C14H19N3O3/c1-20-14(19)12-4-2-3-5-17(12)13(18)9-6-10(15)8-11(16)7-9/h6-8,12H,2-5,15-16H2,1H3. The van der Waals surface area contributed by atoms with E-state index in [1.807, 2.05) is 0 Å². The molecule has 1 amide bonds. The Balaban J connectivity index is 2.27. The SMILES string of the molecule is COC(=O)C1CCCCN1C(=O)c1cc(N)cc(N)c1. The minimum absolute atomic E-state index is 0.237. The first-order valence-corrected chi connectivity index (χ1v) is 6.57. The summed E-state index contributed by atoms with van der Waals surface area (Å²) in [7, 11) is 1.33. The molecule has 1 aliphatic heterocycles. The van der Waals surface area contributed by atoms with Gasteiger partial charge in [-0.25, -0.2) is 4.79 Å². The molecule has 6 heteroatoms. The summed E-state index contributed by atoms with van der Waals surface area (Å²) in [6, 6.07) is 4.21. The van der Waals surface area contributed by atoms with Gasteiger partial charge in [-0.1, -0.05) is 0 Å². The van der Waals surface area contributed by atoms with Crippen molar-refractivity contribution < 1.29 is 14.3 Å². The number of piperidine rings is 1. The van der Waals surface area contributed by atoms with Crippen molar-refractivity contribution in [1.82, 2.24) is 4.90 Å². The number of esters is 1. The van der Waals surface area contributed by atoms with Crippen LogP contribution in [0, 0.1) is 0 Å². The Morgan fingerprint density at radius 3 is 2.45 bits per heavy atom. The lowest BCUT2D eigenvalue weighted by Crippen LogP contribution is -2.48. The number of rotatable bonds is 2. The van der Waals surface area contributed by atoms with Crippen LogP contribution in [0.5, 0.6) is 0 Å². The quantitative estimate of drug-likeness (QED) is 0.621. The summed E-state index contributed by atoms with van der Waals surface area (Å²) >= 11 is 0. The van der Waals surface area contributed by atoms with Gasteiger partial charge in [0, 0.05) is 23.5 Å². The third kappa shape index (κ3) is 2.84. The van der Waals surface area contributed by atoms with E-state index in [1.54, 1.807) is 23.1 Å². The number of likely N-dealkylation sites (tertiary alicyclic amines) is 1. The molecule has 1 atom stereocenters. The summed E-state index contributed by atoms with van der Waals surface area (Å²) in [6.07, 6.45) is 2.40. The Morgan fingerprint density at radius 1 is 1.20 bits per heavy atom. The molecule has 1 heterocycles. The van der Waals surface area contributed by atoms with Crippen LogP contribution < -0.4 is 11.5 Å². The van der Waals surface area contributed by atoms with Gasteiger partial charge < -0.3 is 21.1 Å². The lowest BCUT2D eigenvalue weighted by atomic mass is 10.0. The van der Waals surface area contributed by atoms with Gasteiger partial charge in [0.2, 0.25) is 0 Å². The smallest absolute Gasteiger partial charge is 0.328 e. The predicted octanol–water partition coefficient (Wildman–Crippen LogP) is 1.02. The molecule has 2 rings (SSSR count). The van der Waals surface area contributed by atoms with E-state index < -0.39 is 6.04 Å². The van der Waals surface area contributed by atoms with Gasteiger partial charge >= 0.3 is 5.97 Å². The molecule has 0 bridgehead atoms. The third-order valence-electron chi connectivity index (χ3n) is 3.46. The molecule has 1 aromatic carbocycles. The van der Waals surface area contributed by atoms with Crippen molar-refractivity contribution in [2.45, 2.75) is 25.3 Å². The van der Waals surface area contributed by atoms with Crippen LogP contribution in [-0.2, 0) is 9.53 Å². The third-order valence-corrected chi connectivity index (χ3v) is 3.46. The number of carbonyl (C=O) groups is 2. The Hall–Kier alpha value is -2.24. The molecule has 0 radical (unpaired) electrons. The molecule has 108 valence electrons. The van der Waals surface area contributed by atoms with Crippen LogP contribution >= 0.6 is 0 Å². The number of nitrogen functional groups attached to an aromatic ring is 2. The summed E-state index contributed by atoms with van der Waals surface area (Å²) in [5.74, 6) is -0.617. The zero-order valence-electron chi connectivity index (χ0n) is 11.5. The van der Waals surface area contributed by atoms with E-state index in [0.29, 0.717) is 29.9 Å². The van der Waals surface area contributed by atoms with Gasteiger partial charge in [-0.05, 0) is 37.5 Å². The van der Waals surface area contributed by atoms with Crippen LogP contribution in [0.4, 0.5) is 11.4 Å². The van der Waals surface area contributed by atoms with Crippen molar-refractivity contribution in [3.8, 4) is 0 Å². The maximum Gasteiger partial charge on any atom is 0.328 e. The van der Waals surface area contributed by atoms with Gasteiger partial charge in [0.25, 0.3) is 5.91 Å². The summed E-state index contributed by atoms with van der Waals surface area (Å²) < 4.78 is 4.77. The molecule has 1 unspecified atom stereocenters. The first-order valence-electron chi connectivity index (χ1n) is 6.57. The van der Waals surface area contributed by atoms with Crippen LogP contribution in [0.2, 0.25) is 0 Å². The molecule has 20 heavy (non-hydrogen) atoms. The largest absolute Gasteiger partial charge is 0.467 e. The highest BCUT2D eigenvalue weighted by atomic mass is 16.5. The summed E-state index contributed by atoms with van der Waals surface area (Å²) in [6.45, 7) is 0.535. The highest BCUT2D eigenvalue weighted by Gasteiger charge is 2.33. The van der Waals surface area contributed by atoms with Crippen molar-refractivity contribution in [1.29, 1.82) is 0 Å². The zero-order chi connectivity index (χ0) is 14.7. The van der Waals surface area contributed by atoms with Crippen LogP contribution in [0.1, 0.15) is 29.6 Å². The summed E-state index contributed by atoms with van der Waals surface area (Å²) in [5, 5.41) is 0. The second-order valence-electron chi connectivity index (χ2n) is 4.92. The number of hydrogen-bond acceptors (Lipinski definition) is 5. The molecule has 1 saturated heterocycles. The van der Waals surface area contributed by atoms with Gasteiger partial charge in [-0.15, -0.1) is 0 Å². The number of benzene rings is 1. The van der Waals surface area contributed by atoms with Crippen LogP contribution in [0.25, 0.3) is 0 Å². The number of hydrogen-bond donors (Lipinski definition) is 2. The average Bonchev–Trinajstić information content (AvgIpc) is 2.44. The fourth-order valence-electron chi connectivity index (χ4n) is 2.52. The monoisotopic (exact) mass is 277 g/mol. The average molecular weight is 277 g/mol. The molecule has 4 N–H and O–H groups in total. The summed E-state index contributed by atoms with van der Waals surface area (Å²) in [5.41, 5.74) is 12.7. The predicted molar refractivity (Wildman–Crippen MR) is 76.0 cm³/mol. The minimum atomic E-state index is -0.524. The number of nitrogens with zero attached hydrogens (tertiary/aromatic N) is 1. The molecule has 0 aliphatic carbocycles. The lowest BCUT2D eigenvalue weighted by Gasteiger charge is -2.33. The van der Waals surface area contributed by atoms with Gasteiger partial charge in [-0.3, -0.25) is 4.79 Å². The Labute approximate surface area is 117 Å². The van der Waals surface area contributed by atoms with E-state index in [4.69, 9.17) is 16.2 Å². The number of anilines is 2. The van der Waals surface area contributed by atoms with Crippen LogP contribution in [-0.4, -0.2) is 36.5 Å². The normalized spacial score (nSPS) is 18.6. The van der Waals surface area contributed by atoms with E-state index >= 15 is 0 Å². The molecular weight excluding hydrogens is 258 g/mol. The van der Waals surface area contributed by atoms with Gasteiger partial charge in [0.05, 0.1) is 7.11 Å². The van der Waals surface area contributed by atoms with Crippen molar-refractivity contribution in [2.24, 2.45) is 0 Å². The van der Waals surface area contributed by atoms with Crippen molar-refractivity contribution in [3.05, 3.63) is 23.8 Å². The number of carbonyl (C=O) groups excluding carboxylic acids is 2. The molecule has 6 nitrogen and oxygen atoms in total. The van der Waals surface area contributed by atoms with E-state index in [-0.39, 0.29) is 11.9 Å². The second-order valence-corrected chi connectivity index (χ2v) is 4.92. The van der Waals surface area contributed by atoms with Crippen LogP contribution in [0.15, 0.2) is 18.2 Å². The topological polar surface area (TPSA) is 98.6 Å². The van der Waals surface area contributed by atoms with Crippen molar-refractivity contribution in [3.63, 3.8) is 0 Å². The Kier molecular flexibility index (Phi) is 4.12. The first kappa shape index (κ1) is 14.2. The highest BCUT2D eigenvalue weighted by molar-refractivity contribution is 5.98. The number of nitrogens with two attached hydrogens (primary N) is 2. The fourth-order valence-corrected chi connectivity index (χ4v) is 2.52. The fraction of sp³-hybridized carbons (Fsp3) is 0.429. The maximum absolute atomic E-state index is 12.5. The summed E-state index contributed by atoms with van der Waals surface area (Å²) in [4.78, 5) is 25.9. The van der Waals surface area contributed by atoms with E-state index in [9.17, 15) is 9.59 Å². The molecule has 1 fully saturated rings. The Bertz CT molecular complexity index is 510. The molecular formula is C14H19N3O3. The van der Waals surface area contributed by atoms with Gasteiger partial charge in [-0.2, -0.15) is 0 Å². The zero-order valence-corrected chi connectivity index (χ0v) is 11.5. The van der Waals surface area contributed by atoms with Gasteiger partial charge in [0.1, 0.15) is 6.04 Å². The van der Waals surface area contributed by atoms with Crippen molar-refractivity contribution in [2.75, 3.05) is 25.1 Å². The lowest BCUT2D eigenvalue weighted by molar-refractivity contribution is -0.147. The number of ether oxygens (including phenoxy) is 1. The van der Waals surface area contributed by atoms with E-state index in [0.717, 1.165) is 12.8 Å². The molecule has 1 aromatic rings. The molecule has 0 spiro atoms. The maximum atomic E-state index is 12.5.